The number of carbonyl (C=O) groups excluding carboxylic acids is 2. The topological polar surface area (TPSA) is 58.6 Å². The molecule has 0 atom stereocenters. The molecule has 5 heteroatoms. The molecule has 0 radical (unpaired) electrons. The van der Waals surface area contributed by atoms with Crippen LogP contribution >= 0.6 is 0 Å². The minimum atomic E-state index is -0.510. The molecule has 23 heavy (non-hydrogen) atoms. The lowest BCUT2D eigenvalue weighted by Crippen LogP contribution is -2.41. The summed E-state index contributed by atoms with van der Waals surface area (Å²) in [5.41, 5.74) is 0.433. The van der Waals surface area contributed by atoms with E-state index in [-0.39, 0.29) is 11.7 Å². The van der Waals surface area contributed by atoms with Gasteiger partial charge in [0.15, 0.2) is 5.78 Å². The highest BCUT2D eigenvalue weighted by Crippen LogP contribution is 2.23. The van der Waals surface area contributed by atoms with E-state index in [0.717, 1.165) is 32.8 Å². The van der Waals surface area contributed by atoms with Crippen LogP contribution < -0.4 is 5.32 Å². The van der Waals surface area contributed by atoms with Gasteiger partial charge in [-0.1, -0.05) is 39.0 Å². The van der Waals surface area contributed by atoms with Crippen molar-refractivity contribution in [3.8, 4) is 0 Å². The van der Waals surface area contributed by atoms with Gasteiger partial charge in [-0.3, -0.25) is 14.5 Å². The van der Waals surface area contributed by atoms with E-state index >= 15 is 0 Å². The lowest BCUT2D eigenvalue weighted by Gasteiger charge is -2.26. The summed E-state index contributed by atoms with van der Waals surface area (Å²) in [4.78, 5) is 27.2. The molecule has 5 nitrogen and oxygen atoms in total. The van der Waals surface area contributed by atoms with Crippen molar-refractivity contribution in [2.24, 2.45) is 5.41 Å². The maximum atomic E-state index is 12.5. The molecule has 0 unspecified atom stereocenters. The number of nitrogens with zero attached hydrogens (tertiary/aromatic N) is 1. The molecule has 1 amide bonds. The van der Waals surface area contributed by atoms with Crippen molar-refractivity contribution >= 4 is 11.7 Å². The molecule has 1 aromatic carbocycles. The van der Waals surface area contributed by atoms with E-state index in [2.05, 4.69) is 10.2 Å². The second kappa shape index (κ2) is 7.70. The van der Waals surface area contributed by atoms with Gasteiger partial charge in [0.25, 0.3) is 5.91 Å². The maximum absolute atomic E-state index is 12.5. The Morgan fingerprint density at radius 3 is 2.35 bits per heavy atom. The molecule has 0 spiro atoms. The van der Waals surface area contributed by atoms with Gasteiger partial charge in [-0.25, -0.2) is 0 Å². The number of morpholine rings is 1. The predicted molar refractivity (Wildman–Crippen MR) is 89.8 cm³/mol. The minimum Gasteiger partial charge on any atom is -0.379 e. The summed E-state index contributed by atoms with van der Waals surface area (Å²) < 4.78 is 5.30. The van der Waals surface area contributed by atoms with Crippen LogP contribution in [0.5, 0.6) is 0 Å². The van der Waals surface area contributed by atoms with Gasteiger partial charge in [-0.2, -0.15) is 0 Å². The van der Waals surface area contributed by atoms with E-state index in [4.69, 9.17) is 4.74 Å². The molecule has 1 saturated heterocycles. The summed E-state index contributed by atoms with van der Waals surface area (Å²) in [7, 11) is 0. The third-order valence-corrected chi connectivity index (χ3v) is 3.91. The summed E-state index contributed by atoms with van der Waals surface area (Å²) in [6.45, 7) is 10.2. The number of ketones is 1. The average Bonchev–Trinajstić information content (AvgIpc) is 2.54. The van der Waals surface area contributed by atoms with Gasteiger partial charge in [0.1, 0.15) is 0 Å². The summed E-state index contributed by atoms with van der Waals surface area (Å²) >= 11 is 0. The first-order valence-electron chi connectivity index (χ1n) is 8.12. The van der Waals surface area contributed by atoms with Crippen LogP contribution in [0.15, 0.2) is 24.3 Å². The molecular weight excluding hydrogens is 292 g/mol. The molecule has 0 aromatic heterocycles. The molecule has 0 saturated carbocycles. The zero-order chi connectivity index (χ0) is 16.9. The Morgan fingerprint density at radius 1 is 1.13 bits per heavy atom. The van der Waals surface area contributed by atoms with Crippen LogP contribution in [0.25, 0.3) is 0 Å². The average molecular weight is 318 g/mol. The van der Waals surface area contributed by atoms with Gasteiger partial charge >= 0.3 is 0 Å². The monoisotopic (exact) mass is 318 g/mol. The number of hydrogen-bond donors (Lipinski definition) is 1. The molecule has 1 aliphatic rings. The van der Waals surface area contributed by atoms with Crippen molar-refractivity contribution in [1.29, 1.82) is 0 Å². The number of ether oxygens (including phenoxy) is 1. The van der Waals surface area contributed by atoms with E-state index < -0.39 is 5.41 Å². The summed E-state index contributed by atoms with van der Waals surface area (Å²) in [6.07, 6.45) is 0. The molecule has 2 rings (SSSR count). The fraction of sp³-hybridized carbons (Fsp3) is 0.556. The highest BCUT2D eigenvalue weighted by Gasteiger charge is 2.26. The lowest BCUT2D eigenvalue weighted by atomic mass is 9.84. The minimum absolute atomic E-state index is 0.0172. The summed E-state index contributed by atoms with van der Waals surface area (Å²) in [6, 6.07) is 7.02. The smallest absolute Gasteiger partial charge is 0.252 e. The Balaban J connectivity index is 1.98. The molecule has 1 heterocycles. The molecule has 1 fully saturated rings. The Bertz CT molecular complexity index is 558. The fourth-order valence-electron chi connectivity index (χ4n) is 2.53. The molecule has 1 N–H and O–H groups in total. The quantitative estimate of drug-likeness (QED) is 0.844. The highest BCUT2D eigenvalue weighted by molar-refractivity contribution is 6.09. The number of benzene rings is 1. The van der Waals surface area contributed by atoms with E-state index in [1.807, 2.05) is 20.8 Å². The molecule has 1 aromatic rings. The lowest BCUT2D eigenvalue weighted by molar-refractivity contribution is 0.0383. The Morgan fingerprint density at radius 2 is 1.74 bits per heavy atom. The van der Waals surface area contributed by atoms with Crippen molar-refractivity contribution in [2.75, 3.05) is 39.4 Å². The summed E-state index contributed by atoms with van der Waals surface area (Å²) in [5, 5.41) is 2.92. The van der Waals surface area contributed by atoms with Crippen LogP contribution in [0.3, 0.4) is 0 Å². The van der Waals surface area contributed by atoms with E-state index in [0.29, 0.717) is 17.7 Å². The van der Waals surface area contributed by atoms with Crippen LogP contribution in [0, 0.1) is 5.41 Å². The van der Waals surface area contributed by atoms with Crippen molar-refractivity contribution in [3.63, 3.8) is 0 Å². The first-order valence-corrected chi connectivity index (χ1v) is 8.12. The number of hydrogen-bond acceptors (Lipinski definition) is 4. The predicted octanol–water partition coefficient (Wildman–Crippen LogP) is 1.98. The third kappa shape index (κ3) is 4.88. The van der Waals surface area contributed by atoms with Crippen molar-refractivity contribution in [3.05, 3.63) is 35.4 Å². The van der Waals surface area contributed by atoms with Gasteiger partial charge in [0.05, 0.1) is 18.8 Å². The Hall–Kier alpha value is -1.72. The van der Waals surface area contributed by atoms with Gasteiger partial charge in [-0.05, 0) is 6.07 Å². The molecule has 0 bridgehead atoms. The normalized spacial score (nSPS) is 16.1. The number of rotatable bonds is 5. The SMILES string of the molecule is CC(C)(C)C(=O)c1ccccc1C(=O)NCCN1CCOCC1. The second-order valence-electron chi connectivity index (χ2n) is 6.83. The van der Waals surface area contributed by atoms with Crippen molar-refractivity contribution in [2.45, 2.75) is 20.8 Å². The van der Waals surface area contributed by atoms with E-state index in [9.17, 15) is 9.59 Å². The molecule has 1 aliphatic heterocycles. The van der Waals surface area contributed by atoms with Crippen molar-refractivity contribution < 1.29 is 14.3 Å². The highest BCUT2D eigenvalue weighted by atomic mass is 16.5. The standard InChI is InChI=1S/C18H26N2O3/c1-18(2,3)16(21)14-6-4-5-7-15(14)17(22)19-8-9-20-10-12-23-13-11-20/h4-7H,8-13H2,1-3H3,(H,19,22). The van der Waals surface area contributed by atoms with Crippen LogP contribution in [0.2, 0.25) is 0 Å². The first kappa shape index (κ1) is 17.6. The van der Waals surface area contributed by atoms with E-state index in [1.165, 1.54) is 0 Å². The van der Waals surface area contributed by atoms with Crippen LogP contribution in [0.1, 0.15) is 41.5 Å². The fourth-order valence-corrected chi connectivity index (χ4v) is 2.53. The third-order valence-electron chi connectivity index (χ3n) is 3.91. The van der Waals surface area contributed by atoms with Crippen LogP contribution in [-0.4, -0.2) is 56.0 Å². The zero-order valence-corrected chi connectivity index (χ0v) is 14.2. The van der Waals surface area contributed by atoms with E-state index in [1.54, 1.807) is 24.3 Å². The van der Waals surface area contributed by atoms with Gasteiger partial charge in [0.2, 0.25) is 0 Å². The van der Waals surface area contributed by atoms with Gasteiger partial charge in [0, 0.05) is 37.2 Å². The maximum Gasteiger partial charge on any atom is 0.252 e. The largest absolute Gasteiger partial charge is 0.379 e. The van der Waals surface area contributed by atoms with Crippen molar-refractivity contribution in [1.82, 2.24) is 10.2 Å². The first-order chi connectivity index (χ1) is 10.9. The Kier molecular flexibility index (Phi) is 5.91. The molecule has 126 valence electrons. The zero-order valence-electron chi connectivity index (χ0n) is 14.2. The number of carbonyl (C=O) groups is 2. The van der Waals surface area contributed by atoms with Gasteiger partial charge in [-0.15, -0.1) is 0 Å². The van der Waals surface area contributed by atoms with Gasteiger partial charge < -0.3 is 10.1 Å². The number of Topliss-reactive ketones (excluding diaryl/α,β-unsaturated/α-hetero) is 1. The second-order valence-corrected chi connectivity index (χ2v) is 6.83. The number of amides is 1. The molecular formula is C18H26N2O3. The number of nitrogens with one attached hydrogen (secondary N) is 1. The van der Waals surface area contributed by atoms with Crippen LogP contribution in [0.4, 0.5) is 0 Å². The Labute approximate surface area is 138 Å². The van der Waals surface area contributed by atoms with Crippen LogP contribution in [-0.2, 0) is 4.74 Å². The molecule has 0 aliphatic carbocycles. The summed E-state index contributed by atoms with van der Waals surface area (Å²) in [5.74, 6) is -0.206.